The summed E-state index contributed by atoms with van der Waals surface area (Å²) in [5, 5.41) is 0. The van der Waals surface area contributed by atoms with Crippen molar-refractivity contribution in [2.45, 2.75) is 6.42 Å². The summed E-state index contributed by atoms with van der Waals surface area (Å²) in [4.78, 5) is 9.64. The highest BCUT2D eigenvalue weighted by Gasteiger charge is 1.91. The molecule has 1 radical (unpaired) electrons. The first-order valence-electron chi connectivity index (χ1n) is 2.21. The van der Waals surface area contributed by atoms with Crippen LogP contribution < -0.4 is 5.73 Å². The van der Waals surface area contributed by atoms with Gasteiger partial charge in [0.2, 0.25) is 0 Å². The number of amides is 1. The van der Waals surface area contributed by atoms with Crippen LogP contribution in [0.2, 0.25) is 0 Å². The molecule has 0 aromatic heterocycles. The minimum Gasteiger partial charge on any atom is -0.448 e. The van der Waals surface area contributed by atoms with E-state index in [4.69, 9.17) is 5.73 Å². The molecule has 0 unspecified atom stereocenters. The van der Waals surface area contributed by atoms with Crippen molar-refractivity contribution in [3.05, 3.63) is 0 Å². The normalized spacial score (nSPS) is 8.62. The third-order valence-corrected chi connectivity index (χ3v) is 0.511. The number of halogens is 1. The number of carbonyl (C=O) groups excluding carboxylic acids is 1. The fourth-order valence-electron chi connectivity index (χ4n) is 0.219. The third kappa shape index (κ3) is 5.20. The van der Waals surface area contributed by atoms with Crippen molar-refractivity contribution in [1.82, 2.24) is 5.73 Å². The molecule has 0 atom stereocenters. The van der Waals surface area contributed by atoms with E-state index in [1.807, 2.05) is 0 Å². The quantitative estimate of drug-likeness (QED) is 0.516. The zero-order valence-corrected chi connectivity index (χ0v) is 4.32. The highest BCUT2D eigenvalue weighted by molar-refractivity contribution is 5.63. The van der Waals surface area contributed by atoms with Gasteiger partial charge in [0.25, 0.3) is 0 Å². The lowest BCUT2D eigenvalue weighted by molar-refractivity contribution is 0.150. The Morgan fingerprint density at radius 2 is 2.38 bits per heavy atom. The van der Waals surface area contributed by atoms with Gasteiger partial charge in [0, 0.05) is 6.42 Å². The van der Waals surface area contributed by atoms with Gasteiger partial charge in [-0.05, 0) is 0 Å². The number of ether oxygens (including phenoxy) is 1. The molecule has 0 rings (SSSR count). The second kappa shape index (κ2) is 4.36. The standard InChI is InChI=1S/C4H7FNO2/c5-2-1-3-8-4(6)7/h6H,1-3H2. The van der Waals surface area contributed by atoms with E-state index in [1.54, 1.807) is 0 Å². The SMILES string of the molecule is [NH]C(=O)OCCCF. The largest absolute Gasteiger partial charge is 0.448 e. The van der Waals surface area contributed by atoms with Crippen LogP contribution in [0.25, 0.3) is 0 Å². The van der Waals surface area contributed by atoms with Gasteiger partial charge in [0.15, 0.2) is 0 Å². The molecule has 1 amide bonds. The Labute approximate surface area is 46.6 Å². The highest BCUT2D eigenvalue weighted by Crippen LogP contribution is 1.82. The van der Waals surface area contributed by atoms with E-state index in [2.05, 4.69) is 4.74 Å². The second-order valence-electron chi connectivity index (χ2n) is 1.18. The summed E-state index contributed by atoms with van der Waals surface area (Å²) in [6, 6.07) is 0. The maximum Gasteiger partial charge on any atom is 0.426 e. The van der Waals surface area contributed by atoms with E-state index in [9.17, 15) is 9.18 Å². The fraction of sp³-hybridized carbons (Fsp3) is 0.750. The molecule has 0 bridgehead atoms. The topological polar surface area (TPSA) is 50.1 Å². The van der Waals surface area contributed by atoms with Gasteiger partial charge in [0.05, 0.1) is 13.3 Å². The van der Waals surface area contributed by atoms with Gasteiger partial charge in [-0.3, -0.25) is 4.39 Å². The molecular formula is C4H7FNO2. The van der Waals surface area contributed by atoms with Crippen LogP contribution in [0, 0.1) is 0 Å². The van der Waals surface area contributed by atoms with Crippen molar-refractivity contribution in [3.63, 3.8) is 0 Å². The van der Waals surface area contributed by atoms with E-state index in [0.29, 0.717) is 0 Å². The van der Waals surface area contributed by atoms with Gasteiger partial charge in [-0.25, -0.2) is 10.5 Å². The van der Waals surface area contributed by atoms with Crippen molar-refractivity contribution in [3.8, 4) is 0 Å². The summed E-state index contributed by atoms with van der Waals surface area (Å²) in [6.45, 7) is -0.494. The first-order valence-corrected chi connectivity index (χ1v) is 2.21. The van der Waals surface area contributed by atoms with Crippen LogP contribution in [0.4, 0.5) is 9.18 Å². The molecule has 0 saturated carbocycles. The fourth-order valence-corrected chi connectivity index (χ4v) is 0.219. The van der Waals surface area contributed by atoms with Crippen molar-refractivity contribution < 1.29 is 13.9 Å². The summed E-state index contributed by atoms with van der Waals surface area (Å²) in [6.07, 6.45) is -0.914. The summed E-state index contributed by atoms with van der Waals surface area (Å²) >= 11 is 0. The summed E-state index contributed by atoms with van der Waals surface area (Å²) in [5.74, 6) is 0. The molecule has 3 nitrogen and oxygen atoms in total. The molecule has 0 saturated heterocycles. The van der Waals surface area contributed by atoms with Crippen molar-refractivity contribution in [1.29, 1.82) is 0 Å². The number of alkyl halides is 1. The monoisotopic (exact) mass is 120 g/mol. The molecule has 4 heteroatoms. The van der Waals surface area contributed by atoms with E-state index < -0.39 is 12.8 Å². The number of hydrogen-bond acceptors (Lipinski definition) is 2. The zero-order chi connectivity index (χ0) is 6.41. The van der Waals surface area contributed by atoms with Crippen LogP contribution in [-0.4, -0.2) is 19.4 Å². The average Bonchev–Trinajstić information content (AvgIpc) is 1.66. The van der Waals surface area contributed by atoms with Gasteiger partial charge >= 0.3 is 6.09 Å². The van der Waals surface area contributed by atoms with Gasteiger partial charge in [-0.1, -0.05) is 0 Å². The Hall–Kier alpha value is -0.800. The predicted molar refractivity (Wildman–Crippen MR) is 25.0 cm³/mol. The molecule has 0 aromatic rings. The molecule has 0 aliphatic rings. The minimum atomic E-state index is -1.10. The lowest BCUT2D eigenvalue weighted by Gasteiger charge is -1.93. The Bertz CT molecular complexity index is 76.4. The molecular weight excluding hydrogens is 113 g/mol. The van der Waals surface area contributed by atoms with E-state index in [-0.39, 0.29) is 13.0 Å². The molecule has 0 fully saturated rings. The summed E-state index contributed by atoms with van der Waals surface area (Å²) in [7, 11) is 0. The van der Waals surface area contributed by atoms with Gasteiger partial charge in [-0.2, -0.15) is 0 Å². The second-order valence-corrected chi connectivity index (χ2v) is 1.18. The molecule has 1 N–H and O–H groups in total. The van der Waals surface area contributed by atoms with Gasteiger partial charge < -0.3 is 4.74 Å². The van der Waals surface area contributed by atoms with Gasteiger partial charge in [-0.15, -0.1) is 0 Å². The lowest BCUT2D eigenvalue weighted by atomic mass is 10.5. The Balaban J connectivity index is 2.82. The lowest BCUT2D eigenvalue weighted by Crippen LogP contribution is -2.03. The van der Waals surface area contributed by atoms with Crippen LogP contribution >= 0.6 is 0 Å². The smallest absolute Gasteiger partial charge is 0.426 e. The number of carbonyl (C=O) groups is 1. The van der Waals surface area contributed by atoms with E-state index >= 15 is 0 Å². The van der Waals surface area contributed by atoms with Crippen LogP contribution in [0.15, 0.2) is 0 Å². The Morgan fingerprint density at radius 3 is 2.75 bits per heavy atom. The highest BCUT2D eigenvalue weighted by atomic mass is 19.1. The number of rotatable bonds is 3. The molecule has 0 aliphatic carbocycles. The third-order valence-electron chi connectivity index (χ3n) is 0.511. The first-order chi connectivity index (χ1) is 3.77. The van der Waals surface area contributed by atoms with Crippen LogP contribution in [-0.2, 0) is 4.74 Å². The number of hydrogen-bond donors (Lipinski definition) is 0. The molecule has 0 aliphatic heterocycles. The van der Waals surface area contributed by atoms with Crippen molar-refractivity contribution in [2.24, 2.45) is 0 Å². The maximum absolute atomic E-state index is 11.2. The molecule has 0 aromatic carbocycles. The van der Waals surface area contributed by atoms with Crippen molar-refractivity contribution in [2.75, 3.05) is 13.3 Å². The van der Waals surface area contributed by atoms with Crippen LogP contribution in [0.1, 0.15) is 6.42 Å². The van der Waals surface area contributed by atoms with Crippen LogP contribution in [0.3, 0.4) is 0 Å². The molecule has 0 spiro atoms. The first kappa shape index (κ1) is 7.20. The van der Waals surface area contributed by atoms with Crippen LogP contribution in [0.5, 0.6) is 0 Å². The molecule has 47 valence electrons. The van der Waals surface area contributed by atoms with Crippen molar-refractivity contribution >= 4 is 6.09 Å². The number of nitrogens with one attached hydrogen (secondary N) is 1. The Kier molecular flexibility index (Phi) is 3.93. The average molecular weight is 120 g/mol. The minimum absolute atomic E-state index is 0.0127. The zero-order valence-electron chi connectivity index (χ0n) is 4.32. The summed E-state index contributed by atoms with van der Waals surface area (Å²) in [5.41, 5.74) is 6.17. The maximum atomic E-state index is 11.2. The molecule has 0 heterocycles. The predicted octanol–water partition coefficient (Wildman–Crippen LogP) is 0.766. The summed E-state index contributed by atoms with van der Waals surface area (Å²) < 4.78 is 15.3. The Morgan fingerprint density at radius 1 is 1.75 bits per heavy atom. The van der Waals surface area contributed by atoms with Gasteiger partial charge in [0.1, 0.15) is 0 Å². The van der Waals surface area contributed by atoms with E-state index in [1.165, 1.54) is 0 Å². The molecule has 8 heavy (non-hydrogen) atoms. The van der Waals surface area contributed by atoms with E-state index in [0.717, 1.165) is 0 Å².